The van der Waals surface area contributed by atoms with Crippen LogP contribution in [0, 0.1) is 0 Å². The van der Waals surface area contributed by atoms with Crippen molar-refractivity contribution in [2.75, 3.05) is 32.2 Å². The zero-order valence-electron chi connectivity index (χ0n) is 23.8. The molecule has 218 valence electrons. The molecule has 0 saturated carbocycles. The van der Waals surface area contributed by atoms with E-state index in [-0.39, 0.29) is 104 Å². The summed E-state index contributed by atoms with van der Waals surface area (Å²) in [4.78, 5) is 19.7. The molecule has 39 heavy (non-hydrogen) atoms. The normalized spacial score (nSPS) is 13.2. The standard InChI is InChI=1S/C12H22O6S.C11H20O6S.2Na/c1-4-11(13)17-9-7-6-8-10-18-12(3,5-2)19(14,15)16;1-3-11(12)17-8-7-16-10(2)6-4-5-9-18(13,14)15;;/h4H,1,5-10H2,2-3H3,(H,14,15,16);3,10H,1,4-9H2,2H3,(H,13,14,15);;/q;;2*+1/p-2. The summed E-state index contributed by atoms with van der Waals surface area (Å²) >= 11 is 0. The molecule has 0 aromatic carbocycles. The van der Waals surface area contributed by atoms with Crippen molar-refractivity contribution in [3.05, 3.63) is 25.3 Å². The Bertz CT molecular complexity index is 895. The van der Waals surface area contributed by atoms with Gasteiger partial charge in [0.1, 0.15) is 16.7 Å². The van der Waals surface area contributed by atoms with Crippen LogP contribution in [0.2, 0.25) is 0 Å². The van der Waals surface area contributed by atoms with Gasteiger partial charge in [0.15, 0.2) is 4.93 Å². The van der Waals surface area contributed by atoms with Gasteiger partial charge in [-0.2, -0.15) is 0 Å². The van der Waals surface area contributed by atoms with Crippen LogP contribution in [0.3, 0.4) is 0 Å². The number of carbonyl (C=O) groups is 2. The van der Waals surface area contributed by atoms with Gasteiger partial charge in [0.2, 0.25) is 0 Å². The molecule has 0 heterocycles. The molecule has 0 radical (unpaired) electrons. The van der Waals surface area contributed by atoms with Crippen molar-refractivity contribution >= 4 is 32.2 Å². The van der Waals surface area contributed by atoms with Crippen molar-refractivity contribution in [1.29, 1.82) is 0 Å². The molecule has 0 aromatic heterocycles. The summed E-state index contributed by atoms with van der Waals surface area (Å²) in [5.41, 5.74) is 0. The fourth-order valence-electron chi connectivity index (χ4n) is 2.50. The second kappa shape index (κ2) is 25.8. The first kappa shape index (κ1) is 46.1. The Balaban J connectivity index is -0.000000299. The van der Waals surface area contributed by atoms with Crippen LogP contribution >= 0.6 is 0 Å². The maximum absolute atomic E-state index is 11.0. The minimum atomic E-state index is -4.48. The minimum absolute atomic E-state index is 0. The van der Waals surface area contributed by atoms with Gasteiger partial charge in [0.25, 0.3) is 0 Å². The largest absolute Gasteiger partial charge is 1.00 e. The third-order valence-electron chi connectivity index (χ3n) is 4.93. The Morgan fingerprint density at radius 1 is 0.846 bits per heavy atom. The molecule has 0 aliphatic heterocycles. The first-order valence-corrected chi connectivity index (χ1v) is 14.8. The fraction of sp³-hybridized carbons (Fsp3) is 0.739. The van der Waals surface area contributed by atoms with E-state index in [9.17, 15) is 35.5 Å². The van der Waals surface area contributed by atoms with Crippen LogP contribution in [0.15, 0.2) is 25.3 Å². The third kappa shape index (κ3) is 28.1. The van der Waals surface area contributed by atoms with Gasteiger partial charge in [-0.05, 0) is 58.8 Å². The minimum Gasteiger partial charge on any atom is -0.748 e. The number of hydrogen-bond donors (Lipinski definition) is 0. The maximum Gasteiger partial charge on any atom is 1.00 e. The van der Waals surface area contributed by atoms with Crippen LogP contribution in [0.1, 0.15) is 65.7 Å². The van der Waals surface area contributed by atoms with Crippen LogP contribution in [-0.4, -0.2) is 81.1 Å². The van der Waals surface area contributed by atoms with E-state index in [1.807, 2.05) is 6.92 Å². The molecule has 16 heteroatoms. The molecule has 0 aliphatic rings. The molecule has 0 fully saturated rings. The number of rotatable bonds is 20. The second-order valence-corrected chi connectivity index (χ2v) is 11.3. The van der Waals surface area contributed by atoms with E-state index in [0.717, 1.165) is 12.2 Å². The van der Waals surface area contributed by atoms with Crippen molar-refractivity contribution in [2.45, 2.75) is 76.8 Å². The monoisotopic (exact) mass is 618 g/mol. The van der Waals surface area contributed by atoms with Crippen LogP contribution < -0.4 is 59.1 Å². The number of unbranched alkanes of at least 4 members (excludes halogenated alkanes) is 3. The van der Waals surface area contributed by atoms with Gasteiger partial charge in [-0.3, -0.25) is 0 Å². The Morgan fingerprint density at radius 3 is 1.82 bits per heavy atom. The molecule has 0 spiro atoms. The van der Waals surface area contributed by atoms with Gasteiger partial charge in [0.05, 0.1) is 29.4 Å². The molecule has 0 saturated heterocycles. The van der Waals surface area contributed by atoms with E-state index in [2.05, 4.69) is 13.2 Å². The molecule has 0 rings (SSSR count). The van der Waals surface area contributed by atoms with Gasteiger partial charge in [0, 0.05) is 24.5 Å². The van der Waals surface area contributed by atoms with E-state index >= 15 is 0 Å². The first-order chi connectivity index (χ1) is 17.1. The molecule has 0 amide bonds. The molecule has 2 atom stereocenters. The molecule has 0 aliphatic carbocycles. The predicted molar refractivity (Wildman–Crippen MR) is 134 cm³/mol. The summed E-state index contributed by atoms with van der Waals surface area (Å²) in [6.07, 6.45) is 5.76. The van der Waals surface area contributed by atoms with Crippen molar-refractivity contribution in [2.24, 2.45) is 0 Å². The zero-order chi connectivity index (χ0) is 29.0. The topological polar surface area (TPSA) is 185 Å². The molecule has 0 bridgehead atoms. The summed E-state index contributed by atoms with van der Waals surface area (Å²) in [7, 11) is -8.59. The smallest absolute Gasteiger partial charge is 0.748 e. The summed E-state index contributed by atoms with van der Waals surface area (Å²) in [5, 5.41) is 0. The second-order valence-electron chi connectivity index (χ2n) is 8.03. The van der Waals surface area contributed by atoms with Crippen molar-refractivity contribution in [3.63, 3.8) is 0 Å². The SMILES string of the molecule is C=CC(=O)OCCCCCOC(C)(CC)S(=O)(=O)[O-].C=CC(=O)OCCOC(C)CCCCS(=O)(=O)[O-].[Na+].[Na+]. The quantitative estimate of drug-likeness (QED) is 0.0430. The average molecular weight is 619 g/mol. The zero-order valence-corrected chi connectivity index (χ0v) is 29.5. The van der Waals surface area contributed by atoms with E-state index in [1.165, 1.54) is 6.92 Å². The van der Waals surface area contributed by atoms with Crippen LogP contribution in [0.25, 0.3) is 0 Å². The van der Waals surface area contributed by atoms with Gasteiger partial charge in [-0.25, -0.2) is 26.4 Å². The number of ether oxygens (including phenoxy) is 4. The van der Waals surface area contributed by atoms with Crippen molar-refractivity contribution < 1.29 is 114 Å². The van der Waals surface area contributed by atoms with Crippen molar-refractivity contribution in [3.8, 4) is 0 Å². The first-order valence-electron chi connectivity index (χ1n) is 11.8. The number of carbonyl (C=O) groups excluding carboxylic acids is 2. The molecular weight excluding hydrogens is 578 g/mol. The molecule has 12 nitrogen and oxygen atoms in total. The number of hydrogen-bond acceptors (Lipinski definition) is 12. The Hall–Kier alpha value is 0.160. The van der Waals surface area contributed by atoms with Crippen LogP contribution in [-0.2, 0) is 48.8 Å². The number of esters is 2. The third-order valence-corrected chi connectivity index (χ3v) is 7.18. The Labute approximate surface area is 277 Å². The van der Waals surface area contributed by atoms with E-state index in [4.69, 9.17) is 18.9 Å². The maximum atomic E-state index is 11.0. The van der Waals surface area contributed by atoms with E-state index in [0.29, 0.717) is 38.5 Å². The molecular formula is C23H40Na2O12S2. The van der Waals surface area contributed by atoms with Gasteiger partial charge in [-0.15, -0.1) is 0 Å². The van der Waals surface area contributed by atoms with Crippen LogP contribution in [0.4, 0.5) is 0 Å². The van der Waals surface area contributed by atoms with Gasteiger partial charge in [-0.1, -0.05) is 20.1 Å². The van der Waals surface area contributed by atoms with Crippen molar-refractivity contribution in [1.82, 2.24) is 0 Å². The molecule has 0 aromatic rings. The van der Waals surface area contributed by atoms with Gasteiger partial charge < -0.3 is 28.1 Å². The summed E-state index contributed by atoms with van der Waals surface area (Å²) < 4.78 is 84.0. The Morgan fingerprint density at radius 2 is 1.36 bits per heavy atom. The average Bonchev–Trinajstić information content (AvgIpc) is 2.82. The van der Waals surface area contributed by atoms with E-state index in [1.54, 1.807) is 6.92 Å². The van der Waals surface area contributed by atoms with Gasteiger partial charge >= 0.3 is 71.1 Å². The summed E-state index contributed by atoms with van der Waals surface area (Å²) in [6.45, 7) is 12.1. The fourth-order valence-corrected chi connectivity index (χ4v) is 3.64. The van der Waals surface area contributed by atoms with E-state index < -0.39 is 37.1 Å². The Kier molecular flexibility index (Phi) is 30.6. The molecule has 0 N–H and O–H groups in total. The summed E-state index contributed by atoms with van der Waals surface area (Å²) in [6, 6.07) is 0. The van der Waals surface area contributed by atoms with Crippen LogP contribution in [0.5, 0.6) is 0 Å². The predicted octanol–water partition coefficient (Wildman–Crippen LogP) is -3.58. The molecule has 2 unspecified atom stereocenters. The summed E-state index contributed by atoms with van der Waals surface area (Å²) in [5.74, 6) is -1.30.